The highest BCUT2D eigenvalue weighted by Gasteiger charge is 2.61. The molecule has 0 bridgehead atoms. The van der Waals surface area contributed by atoms with E-state index in [9.17, 15) is 9.59 Å². The highest BCUT2D eigenvalue weighted by Crippen LogP contribution is 2.56. The zero-order valence-electron chi connectivity index (χ0n) is 17.8. The number of hydrogen-bond donors (Lipinski definition) is 0. The Labute approximate surface area is 190 Å². The summed E-state index contributed by atoms with van der Waals surface area (Å²) in [5.41, 5.74) is 3.24. The number of fused-ring (bicyclic) bond motifs is 2. The Morgan fingerprint density at radius 2 is 1.56 bits per heavy atom. The summed E-state index contributed by atoms with van der Waals surface area (Å²) < 4.78 is 10.8. The van der Waals surface area contributed by atoms with Crippen molar-refractivity contribution in [2.24, 2.45) is 0 Å². The molecule has 0 aliphatic carbocycles. The van der Waals surface area contributed by atoms with Gasteiger partial charge in [-0.05, 0) is 11.6 Å². The molecule has 0 unspecified atom stereocenters. The van der Waals surface area contributed by atoms with Gasteiger partial charge in [0.25, 0.3) is 5.91 Å². The van der Waals surface area contributed by atoms with Crippen molar-refractivity contribution in [1.29, 1.82) is 0 Å². The lowest BCUT2D eigenvalue weighted by Crippen LogP contribution is -2.49. The Balaban J connectivity index is 1.66. The van der Waals surface area contributed by atoms with Crippen molar-refractivity contribution < 1.29 is 19.1 Å². The van der Waals surface area contributed by atoms with E-state index in [1.165, 1.54) is 11.8 Å². The molecule has 2 heterocycles. The summed E-state index contributed by atoms with van der Waals surface area (Å²) in [6.07, 6.45) is 0. The number of nitrogens with zero attached hydrogens (tertiary/aromatic N) is 2. The molecule has 2 aliphatic heterocycles. The van der Waals surface area contributed by atoms with Gasteiger partial charge in [-0.15, -0.1) is 11.8 Å². The topological polar surface area (TPSA) is 59.1 Å². The standard InChI is InChI=1S/C25H22N2O4S/c1-30-19-12-18(13-20(14-19)31-2)27-23(28)16-32-25(27)21-10-6-7-11-22(21)26(24(25)29)15-17-8-4-3-5-9-17/h3-14H,15-16H2,1-2H3/t25-/m1/s1. The van der Waals surface area contributed by atoms with Crippen LogP contribution in [0.5, 0.6) is 11.5 Å². The number of hydrogen-bond acceptors (Lipinski definition) is 5. The Hall–Kier alpha value is -3.45. The minimum Gasteiger partial charge on any atom is -0.497 e. The first-order valence-electron chi connectivity index (χ1n) is 10.2. The summed E-state index contributed by atoms with van der Waals surface area (Å²) in [6, 6.07) is 22.9. The van der Waals surface area contributed by atoms with Crippen LogP contribution in [0.3, 0.4) is 0 Å². The molecule has 6 nitrogen and oxygen atoms in total. The van der Waals surface area contributed by atoms with Crippen LogP contribution >= 0.6 is 11.8 Å². The Morgan fingerprint density at radius 3 is 2.25 bits per heavy atom. The molecule has 1 fully saturated rings. The lowest BCUT2D eigenvalue weighted by atomic mass is 10.0. The number of para-hydroxylation sites is 1. The SMILES string of the molecule is COc1cc(OC)cc(N2C(=O)CS[C@]23C(=O)N(Cc2ccccc2)c2ccccc23)c1. The lowest BCUT2D eigenvalue weighted by Gasteiger charge is -2.33. The molecule has 2 amide bonds. The maximum atomic E-state index is 14.1. The molecular formula is C25H22N2O4S. The van der Waals surface area contributed by atoms with Crippen LogP contribution in [0.4, 0.5) is 11.4 Å². The molecule has 0 saturated carbocycles. The third-order valence-corrected chi connectivity index (χ3v) is 7.23. The van der Waals surface area contributed by atoms with Gasteiger partial charge in [0.1, 0.15) is 11.5 Å². The average molecular weight is 447 g/mol. The van der Waals surface area contributed by atoms with E-state index in [0.29, 0.717) is 23.7 Å². The van der Waals surface area contributed by atoms with Crippen molar-refractivity contribution in [3.63, 3.8) is 0 Å². The van der Waals surface area contributed by atoms with E-state index in [1.54, 1.807) is 42.2 Å². The fourth-order valence-electron chi connectivity index (χ4n) is 4.40. The number of thioether (sulfide) groups is 1. The summed E-state index contributed by atoms with van der Waals surface area (Å²) in [4.78, 5) is 29.5. The molecule has 162 valence electrons. The molecule has 1 spiro atoms. The van der Waals surface area contributed by atoms with Crippen molar-refractivity contribution in [3.05, 3.63) is 83.9 Å². The summed E-state index contributed by atoms with van der Waals surface area (Å²) in [5.74, 6) is 1.06. The maximum absolute atomic E-state index is 14.1. The fourth-order valence-corrected chi connectivity index (χ4v) is 5.76. The third kappa shape index (κ3) is 3.04. The van der Waals surface area contributed by atoms with Crippen LogP contribution in [-0.4, -0.2) is 31.8 Å². The zero-order chi connectivity index (χ0) is 22.3. The van der Waals surface area contributed by atoms with Crippen LogP contribution in [0.25, 0.3) is 0 Å². The van der Waals surface area contributed by atoms with Gasteiger partial charge in [0.15, 0.2) is 0 Å². The number of amides is 2. The first-order valence-corrected chi connectivity index (χ1v) is 11.2. The molecule has 5 rings (SSSR count). The number of carbonyl (C=O) groups excluding carboxylic acids is 2. The van der Waals surface area contributed by atoms with E-state index in [2.05, 4.69) is 0 Å². The molecule has 0 radical (unpaired) electrons. The van der Waals surface area contributed by atoms with Gasteiger partial charge >= 0.3 is 0 Å². The molecule has 0 N–H and O–H groups in total. The van der Waals surface area contributed by atoms with Crippen LogP contribution in [0.15, 0.2) is 72.8 Å². The summed E-state index contributed by atoms with van der Waals surface area (Å²) in [5, 5.41) is 0. The normalized spacial score (nSPS) is 19.6. The average Bonchev–Trinajstić information content (AvgIpc) is 3.30. The fraction of sp³-hybridized carbons (Fsp3) is 0.200. The molecule has 1 saturated heterocycles. The smallest absolute Gasteiger partial charge is 0.269 e. The molecule has 2 aliphatic rings. The van der Waals surface area contributed by atoms with Crippen molar-refractivity contribution in [2.45, 2.75) is 11.4 Å². The predicted molar refractivity (Wildman–Crippen MR) is 125 cm³/mol. The van der Waals surface area contributed by atoms with E-state index >= 15 is 0 Å². The number of methoxy groups -OCH3 is 2. The molecule has 1 atom stereocenters. The highest BCUT2D eigenvalue weighted by atomic mass is 32.2. The third-order valence-electron chi connectivity index (χ3n) is 5.84. The van der Waals surface area contributed by atoms with E-state index in [1.807, 2.05) is 54.6 Å². The number of anilines is 2. The van der Waals surface area contributed by atoms with Crippen LogP contribution < -0.4 is 19.3 Å². The number of rotatable bonds is 5. The monoisotopic (exact) mass is 446 g/mol. The summed E-state index contributed by atoms with van der Waals surface area (Å²) >= 11 is 1.36. The highest BCUT2D eigenvalue weighted by molar-refractivity contribution is 8.02. The van der Waals surface area contributed by atoms with Crippen LogP contribution in [0, 0.1) is 0 Å². The van der Waals surface area contributed by atoms with E-state index < -0.39 is 4.87 Å². The number of carbonyl (C=O) groups is 2. The minimum atomic E-state index is -1.17. The van der Waals surface area contributed by atoms with Gasteiger partial charge in [0.2, 0.25) is 10.8 Å². The second kappa shape index (κ2) is 7.91. The lowest BCUT2D eigenvalue weighted by molar-refractivity contribution is -0.123. The van der Waals surface area contributed by atoms with Gasteiger partial charge in [0.05, 0.1) is 37.9 Å². The molecule has 32 heavy (non-hydrogen) atoms. The van der Waals surface area contributed by atoms with Gasteiger partial charge in [-0.2, -0.15) is 0 Å². The first kappa shape index (κ1) is 20.5. The maximum Gasteiger partial charge on any atom is 0.269 e. The number of benzene rings is 3. The van der Waals surface area contributed by atoms with Crippen LogP contribution in [0.1, 0.15) is 11.1 Å². The predicted octanol–water partition coefficient (Wildman–Crippen LogP) is 4.18. The van der Waals surface area contributed by atoms with Crippen molar-refractivity contribution >= 4 is 35.0 Å². The van der Waals surface area contributed by atoms with Gasteiger partial charge in [-0.1, -0.05) is 48.5 Å². The molecular weight excluding hydrogens is 424 g/mol. The summed E-state index contributed by atoms with van der Waals surface area (Å²) in [6.45, 7) is 0.433. The first-order chi connectivity index (χ1) is 15.6. The Kier molecular flexibility index (Phi) is 5.06. The minimum absolute atomic E-state index is 0.125. The van der Waals surface area contributed by atoms with Crippen molar-refractivity contribution in [1.82, 2.24) is 0 Å². The quantitative estimate of drug-likeness (QED) is 0.588. The Morgan fingerprint density at radius 1 is 0.906 bits per heavy atom. The van der Waals surface area contributed by atoms with Gasteiger partial charge in [-0.3, -0.25) is 14.5 Å². The molecule has 3 aromatic carbocycles. The second-order valence-corrected chi connectivity index (χ2v) is 8.79. The molecule has 7 heteroatoms. The summed E-state index contributed by atoms with van der Waals surface area (Å²) in [7, 11) is 3.12. The van der Waals surface area contributed by atoms with Crippen LogP contribution in [-0.2, 0) is 21.0 Å². The second-order valence-electron chi connectivity index (χ2n) is 7.63. The zero-order valence-corrected chi connectivity index (χ0v) is 18.6. The van der Waals surface area contributed by atoms with Gasteiger partial charge < -0.3 is 14.4 Å². The largest absolute Gasteiger partial charge is 0.497 e. The van der Waals surface area contributed by atoms with E-state index in [-0.39, 0.29) is 17.6 Å². The molecule has 3 aromatic rings. The Bertz CT molecular complexity index is 1180. The van der Waals surface area contributed by atoms with Crippen LogP contribution in [0.2, 0.25) is 0 Å². The van der Waals surface area contributed by atoms with Crippen molar-refractivity contribution in [2.75, 3.05) is 29.8 Å². The number of ether oxygens (including phenoxy) is 2. The van der Waals surface area contributed by atoms with Gasteiger partial charge in [0, 0.05) is 23.8 Å². The molecule has 0 aromatic heterocycles. The van der Waals surface area contributed by atoms with E-state index in [0.717, 1.165) is 16.8 Å². The van der Waals surface area contributed by atoms with Crippen molar-refractivity contribution in [3.8, 4) is 11.5 Å². The van der Waals surface area contributed by atoms with E-state index in [4.69, 9.17) is 9.47 Å². The van der Waals surface area contributed by atoms with Gasteiger partial charge in [-0.25, -0.2) is 0 Å².